The summed E-state index contributed by atoms with van der Waals surface area (Å²) in [5.74, 6) is 1.31. The monoisotopic (exact) mass is 688 g/mol. The molecular formula is C28H26N4Na2O8S3. The van der Waals surface area contributed by atoms with Gasteiger partial charge in [0.1, 0.15) is 21.3 Å². The van der Waals surface area contributed by atoms with Gasteiger partial charge < -0.3 is 9.47 Å². The third kappa shape index (κ3) is 11.6. The van der Waals surface area contributed by atoms with Gasteiger partial charge in [-0.3, -0.25) is 9.11 Å². The fraction of sp³-hybridized carbons (Fsp3) is 0.143. The van der Waals surface area contributed by atoms with Crippen LogP contribution in [0.4, 0.5) is 22.7 Å². The summed E-state index contributed by atoms with van der Waals surface area (Å²) in [5.41, 5.74) is 1.19. The van der Waals surface area contributed by atoms with Crippen molar-refractivity contribution < 1.29 is 35.4 Å². The summed E-state index contributed by atoms with van der Waals surface area (Å²) in [6, 6.07) is 21.3. The number of hydrogen-bond acceptors (Lipinski definition) is 11. The molecule has 4 aromatic rings. The van der Waals surface area contributed by atoms with E-state index in [-0.39, 0.29) is 80.3 Å². The Hall–Kier alpha value is -2.15. The van der Waals surface area contributed by atoms with Crippen LogP contribution >= 0.6 is 11.8 Å². The summed E-state index contributed by atoms with van der Waals surface area (Å²) in [6.07, 6.45) is 0. The van der Waals surface area contributed by atoms with Gasteiger partial charge in [0.05, 0.1) is 36.0 Å². The molecular weight excluding hydrogens is 663 g/mol. The molecule has 0 aromatic heterocycles. The summed E-state index contributed by atoms with van der Waals surface area (Å²) < 4.78 is 79.5. The van der Waals surface area contributed by atoms with Crippen LogP contribution in [0, 0.1) is 0 Å². The van der Waals surface area contributed by atoms with Gasteiger partial charge in [-0.25, -0.2) is 0 Å². The maximum atomic E-state index is 12.2. The van der Waals surface area contributed by atoms with E-state index in [1.54, 1.807) is 48.5 Å². The molecule has 0 unspecified atom stereocenters. The van der Waals surface area contributed by atoms with Crippen molar-refractivity contribution in [1.29, 1.82) is 0 Å². The molecule has 0 aliphatic heterocycles. The third-order valence-electron chi connectivity index (χ3n) is 5.49. The Morgan fingerprint density at radius 3 is 1.18 bits per heavy atom. The van der Waals surface area contributed by atoms with E-state index in [1.165, 1.54) is 24.3 Å². The molecule has 17 heteroatoms. The second-order valence-electron chi connectivity index (χ2n) is 8.57. The van der Waals surface area contributed by atoms with Crippen molar-refractivity contribution in [1.82, 2.24) is 0 Å². The summed E-state index contributed by atoms with van der Waals surface area (Å²) in [4.78, 5) is -1.09. The summed E-state index contributed by atoms with van der Waals surface area (Å²) >= 11 is 0.703. The first-order chi connectivity index (χ1) is 20.5. The first-order valence-corrected chi connectivity index (χ1v) is 16.4. The molecule has 0 atom stereocenters. The van der Waals surface area contributed by atoms with Gasteiger partial charge in [0.15, 0.2) is 0 Å². The van der Waals surface area contributed by atoms with Crippen LogP contribution in [0.2, 0.25) is 0 Å². The van der Waals surface area contributed by atoms with Crippen molar-refractivity contribution in [2.45, 2.75) is 33.4 Å². The van der Waals surface area contributed by atoms with Gasteiger partial charge in [-0.15, -0.1) is 0 Å². The standard InChI is InChI=1S/C28H26N4O8S3.2Na/c1-3-39-23-11-5-19(6-12-23)29-31-21-9-15-25(27(17-21)42(33,34)35)41-26-16-10-22(18-28(26)43(36,37)38)32-30-20-7-13-24(14-8-20)40-4-2;;/h5-18H,3-4H2,1-2H3,(H,33,34,35)(H,36,37,38);;. The Balaban J connectivity index is 0.00000353. The van der Waals surface area contributed by atoms with E-state index in [1.807, 2.05) is 13.8 Å². The molecule has 0 saturated carbocycles. The van der Waals surface area contributed by atoms with Gasteiger partial charge >= 0.3 is 0 Å². The quantitative estimate of drug-likeness (QED) is 0.0885. The molecule has 0 aliphatic carbocycles. The van der Waals surface area contributed by atoms with Crippen molar-refractivity contribution >= 4 is 114 Å². The van der Waals surface area contributed by atoms with Gasteiger partial charge in [-0.05, 0) is 98.8 Å². The Morgan fingerprint density at radius 2 is 0.867 bits per heavy atom. The minimum absolute atomic E-state index is 0. The Labute approximate surface area is 309 Å². The maximum Gasteiger partial charge on any atom is 0.295 e. The molecule has 0 fully saturated rings. The molecule has 4 rings (SSSR count). The Morgan fingerprint density at radius 1 is 0.556 bits per heavy atom. The Kier molecular flexibility index (Phi) is 15.3. The van der Waals surface area contributed by atoms with Crippen LogP contribution in [0.25, 0.3) is 0 Å². The molecule has 0 saturated heterocycles. The Bertz CT molecular complexity index is 1740. The second-order valence-corrected chi connectivity index (χ2v) is 12.4. The van der Waals surface area contributed by atoms with Gasteiger partial charge in [-0.1, -0.05) is 11.8 Å². The van der Waals surface area contributed by atoms with Crippen molar-refractivity contribution in [2.75, 3.05) is 13.2 Å². The minimum atomic E-state index is -4.77. The SMILES string of the molecule is CCOc1ccc(N=Nc2ccc(Sc3ccc(N=Nc4ccc(OCC)cc4)cc3S(=O)(=O)O)c(S(=O)(=O)O)c2)cc1.[Na].[Na]. The zero-order chi connectivity index (χ0) is 31.0. The van der Waals surface area contributed by atoms with E-state index < -0.39 is 30.0 Å². The van der Waals surface area contributed by atoms with Crippen LogP contribution in [0.15, 0.2) is 125 Å². The van der Waals surface area contributed by atoms with Crippen LogP contribution in [0.1, 0.15) is 13.8 Å². The zero-order valence-corrected chi connectivity index (χ0v) is 31.3. The van der Waals surface area contributed by atoms with Gasteiger partial charge in [0, 0.05) is 68.9 Å². The average molecular weight is 689 g/mol. The first kappa shape index (κ1) is 39.0. The van der Waals surface area contributed by atoms with Gasteiger partial charge in [-0.2, -0.15) is 37.3 Å². The molecule has 0 aliphatic rings. The van der Waals surface area contributed by atoms with Crippen LogP contribution in [0.5, 0.6) is 11.5 Å². The van der Waals surface area contributed by atoms with Crippen molar-refractivity contribution in [3.05, 3.63) is 84.9 Å². The molecule has 4 aromatic carbocycles. The molecule has 0 bridgehead atoms. The first-order valence-electron chi connectivity index (χ1n) is 12.7. The molecule has 45 heavy (non-hydrogen) atoms. The van der Waals surface area contributed by atoms with E-state index in [0.717, 1.165) is 12.1 Å². The third-order valence-corrected chi connectivity index (χ3v) is 8.69. The number of hydrogen-bond donors (Lipinski definition) is 2. The summed E-state index contributed by atoms with van der Waals surface area (Å²) in [7, 11) is -9.53. The topological polar surface area (TPSA) is 177 Å². The zero-order valence-electron chi connectivity index (χ0n) is 24.9. The average Bonchev–Trinajstić information content (AvgIpc) is 2.97. The predicted molar refractivity (Wildman–Crippen MR) is 172 cm³/mol. The smallest absolute Gasteiger partial charge is 0.295 e. The van der Waals surface area contributed by atoms with Crippen LogP contribution in [0.3, 0.4) is 0 Å². The van der Waals surface area contributed by atoms with E-state index in [9.17, 15) is 25.9 Å². The number of ether oxygens (including phenoxy) is 2. The van der Waals surface area contributed by atoms with Gasteiger partial charge in [0.25, 0.3) is 20.2 Å². The number of benzene rings is 4. The van der Waals surface area contributed by atoms with Crippen molar-refractivity contribution in [2.24, 2.45) is 20.5 Å². The minimum Gasteiger partial charge on any atom is -0.494 e. The molecule has 0 amide bonds. The fourth-order valence-electron chi connectivity index (χ4n) is 3.59. The van der Waals surface area contributed by atoms with E-state index in [0.29, 0.717) is 47.8 Å². The normalized spacial score (nSPS) is 11.6. The number of nitrogens with zero attached hydrogens (tertiary/aromatic N) is 4. The molecule has 2 radical (unpaired) electrons. The summed E-state index contributed by atoms with van der Waals surface area (Å²) in [5, 5.41) is 16.2. The largest absolute Gasteiger partial charge is 0.494 e. The predicted octanol–water partition coefficient (Wildman–Crippen LogP) is 7.20. The van der Waals surface area contributed by atoms with E-state index in [4.69, 9.17) is 9.47 Å². The van der Waals surface area contributed by atoms with Crippen LogP contribution < -0.4 is 9.47 Å². The number of rotatable bonds is 12. The van der Waals surface area contributed by atoms with Gasteiger partial charge in [0.2, 0.25) is 0 Å². The van der Waals surface area contributed by atoms with E-state index in [2.05, 4.69) is 20.5 Å². The molecule has 226 valence electrons. The van der Waals surface area contributed by atoms with E-state index >= 15 is 0 Å². The van der Waals surface area contributed by atoms with Crippen LogP contribution in [-0.4, -0.2) is 98.3 Å². The molecule has 0 spiro atoms. The van der Waals surface area contributed by atoms with Crippen molar-refractivity contribution in [3.63, 3.8) is 0 Å². The fourth-order valence-corrected chi connectivity index (χ4v) is 6.48. The molecule has 2 N–H and O–H groups in total. The molecule has 0 heterocycles. The second kappa shape index (κ2) is 17.7. The number of azo groups is 2. The molecule has 12 nitrogen and oxygen atoms in total. The maximum absolute atomic E-state index is 12.2. The van der Waals surface area contributed by atoms with Crippen molar-refractivity contribution in [3.8, 4) is 11.5 Å². The van der Waals surface area contributed by atoms with Crippen LogP contribution in [-0.2, 0) is 20.2 Å². The summed E-state index contributed by atoms with van der Waals surface area (Å²) in [6.45, 7) is 4.74.